The van der Waals surface area contributed by atoms with Gasteiger partial charge in [-0.2, -0.15) is 10.4 Å². The molecule has 1 saturated heterocycles. The summed E-state index contributed by atoms with van der Waals surface area (Å²) in [6.07, 6.45) is 6.26. The quantitative estimate of drug-likeness (QED) is 0.821. The minimum atomic E-state index is 0.523. The summed E-state index contributed by atoms with van der Waals surface area (Å²) in [6, 6.07) is 12.0. The maximum absolute atomic E-state index is 9.06. The predicted octanol–water partition coefficient (Wildman–Crippen LogP) is 2.30. The maximum Gasteiger partial charge on any atom is 0.137 e. The minimum absolute atomic E-state index is 0.523. The van der Waals surface area contributed by atoms with Crippen LogP contribution in [0, 0.1) is 11.3 Å². The predicted molar refractivity (Wildman–Crippen MR) is 83.5 cm³/mol. The molecule has 3 rings (SSSR count). The van der Waals surface area contributed by atoms with Crippen LogP contribution >= 0.6 is 0 Å². The summed E-state index contributed by atoms with van der Waals surface area (Å²) in [7, 11) is 0. The van der Waals surface area contributed by atoms with E-state index in [2.05, 4.69) is 16.1 Å². The van der Waals surface area contributed by atoms with Crippen molar-refractivity contribution in [1.29, 1.82) is 5.26 Å². The first-order valence-corrected chi connectivity index (χ1v) is 7.70. The van der Waals surface area contributed by atoms with Gasteiger partial charge in [-0.25, -0.2) is 0 Å². The third-order valence-corrected chi connectivity index (χ3v) is 4.10. The number of nitrogens with zero attached hydrogens (tertiary/aromatic N) is 4. The average molecular weight is 296 g/mol. The fourth-order valence-electron chi connectivity index (χ4n) is 2.98. The number of benzene rings is 1. The zero-order valence-electron chi connectivity index (χ0n) is 12.6. The smallest absolute Gasteiger partial charge is 0.137 e. The van der Waals surface area contributed by atoms with E-state index in [-0.39, 0.29) is 0 Å². The number of rotatable bonds is 6. The van der Waals surface area contributed by atoms with Gasteiger partial charge in [0.2, 0.25) is 0 Å². The third-order valence-electron chi connectivity index (χ3n) is 4.10. The lowest BCUT2D eigenvalue weighted by atomic mass is 10.2. The first kappa shape index (κ1) is 14.6. The Balaban J connectivity index is 1.51. The van der Waals surface area contributed by atoms with Crippen molar-refractivity contribution in [2.45, 2.75) is 25.4 Å². The highest BCUT2D eigenvalue weighted by molar-refractivity contribution is 5.42. The van der Waals surface area contributed by atoms with Gasteiger partial charge in [0.1, 0.15) is 18.4 Å². The van der Waals surface area contributed by atoms with Crippen molar-refractivity contribution in [3.63, 3.8) is 0 Å². The highest BCUT2D eigenvalue weighted by Crippen LogP contribution is 2.20. The first-order valence-electron chi connectivity index (χ1n) is 7.70. The van der Waals surface area contributed by atoms with Crippen LogP contribution in [0.5, 0.6) is 5.75 Å². The van der Waals surface area contributed by atoms with Crippen molar-refractivity contribution < 1.29 is 4.74 Å². The van der Waals surface area contributed by atoms with E-state index in [1.165, 1.54) is 12.8 Å². The lowest BCUT2D eigenvalue weighted by molar-refractivity contribution is 0.182. The molecule has 22 heavy (non-hydrogen) atoms. The number of para-hydroxylation sites is 1. The molecule has 2 heterocycles. The van der Waals surface area contributed by atoms with Crippen molar-refractivity contribution in [2.75, 3.05) is 19.7 Å². The molecule has 0 N–H and O–H groups in total. The van der Waals surface area contributed by atoms with Gasteiger partial charge in [0.15, 0.2) is 0 Å². The first-order chi connectivity index (χ1) is 10.9. The number of likely N-dealkylation sites (tertiary alicyclic amines) is 1. The molecule has 1 aliphatic rings. The summed E-state index contributed by atoms with van der Waals surface area (Å²) in [5.41, 5.74) is 0.594. The van der Waals surface area contributed by atoms with Crippen LogP contribution in [-0.4, -0.2) is 40.4 Å². The molecule has 0 unspecified atom stereocenters. The van der Waals surface area contributed by atoms with E-state index in [4.69, 9.17) is 10.00 Å². The number of hydrogen-bond donors (Lipinski definition) is 0. The Morgan fingerprint density at radius 3 is 3.05 bits per heavy atom. The summed E-state index contributed by atoms with van der Waals surface area (Å²) >= 11 is 0. The lowest BCUT2D eigenvalue weighted by Gasteiger charge is -2.24. The summed E-state index contributed by atoms with van der Waals surface area (Å²) in [6.45, 7) is 3.52. The van der Waals surface area contributed by atoms with Crippen LogP contribution in [0.2, 0.25) is 0 Å². The van der Waals surface area contributed by atoms with E-state index >= 15 is 0 Å². The molecule has 1 aromatic carbocycles. The lowest BCUT2D eigenvalue weighted by Crippen LogP contribution is -2.36. The fraction of sp³-hybridized carbons (Fsp3) is 0.412. The van der Waals surface area contributed by atoms with E-state index < -0.39 is 0 Å². The molecular weight excluding hydrogens is 276 g/mol. The number of aromatic nitrogens is 2. The second kappa shape index (κ2) is 7.10. The van der Waals surface area contributed by atoms with Crippen LogP contribution < -0.4 is 4.74 Å². The molecular formula is C17H20N4O. The van der Waals surface area contributed by atoms with Gasteiger partial charge in [-0.1, -0.05) is 12.1 Å². The Labute approximate surface area is 130 Å². The molecule has 0 amide bonds. The average Bonchev–Trinajstić information content (AvgIpc) is 3.21. The third kappa shape index (κ3) is 3.46. The van der Waals surface area contributed by atoms with Crippen molar-refractivity contribution in [3.05, 3.63) is 48.3 Å². The summed E-state index contributed by atoms with van der Waals surface area (Å²) < 4.78 is 7.78. The van der Waals surface area contributed by atoms with Gasteiger partial charge in [0.05, 0.1) is 12.1 Å². The summed E-state index contributed by atoms with van der Waals surface area (Å²) in [5, 5.41) is 13.4. The van der Waals surface area contributed by atoms with Gasteiger partial charge < -0.3 is 4.74 Å². The molecule has 0 bridgehead atoms. The van der Waals surface area contributed by atoms with E-state index in [9.17, 15) is 0 Å². The zero-order chi connectivity index (χ0) is 15.2. The second-order valence-corrected chi connectivity index (χ2v) is 5.52. The number of hydrogen-bond acceptors (Lipinski definition) is 4. The van der Waals surface area contributed by atoms with Crippen LogP contribution in [0.3, 0.4) is 0 Å². The van der Waals surface area contributed by atoms with Gasteiger partial charge in [-0.05, 0) is 37.6 Å². The summed E-state index contributed by atoms with van der Waals surface area (Å²) in [4.78, 5) is 2.46. The molecule has 1 fully saturated rings. The Kier molecular flexibility index (Phi) is 4.71. The maximum atomic E-state index is 9.06. The van der Waals surface area contributed by atoms with Crippen LogP contribution in [0.4, 0.5) is 0 Å². The number of ether oxygens (including phenoxy) is 1. The van der Waals surface area contributed by atoms with Crippen molar-refractivity contribution in [1.82, 2.24) is 14.7 Å². The molecule has 5 nitrogen and oxygen atoms in total. The SMILES string of the molecule is N#Cc1ccccc1OCCN1CCC[C@H]1Cn1cccn1. The molecule has 2 aromatic rings. The normalized spacial score (nSPS) is 18.2. The van der Waals surface area contributed by atoms with Crippen molar-refractivity contribution in [2.24, 2.45) is 0 Å². The Morgan fingerprint density at radius 1 is 1.32 bits per heavy atom. The van der Waals surface area contributed by atoms with Crippen LogP contribution in [0.15, 0.2) is 42.7 Å². The monoisotopic (exact) mass is 296 g/mol. The Morgan fingerprint density at radius 2 is 2.23 bits per heavy atom. The minimum Gasteiger partial charge on any atom is -0.491 e. The highest BCUT2D eigenvalue weighted by atomic mass is 16.5. The molecule has 1 aliphatic heterocycles. The second-order valence-electron chi connectivity index (χ2n) is 5.52. The van der Waals surface area contributed by atoms with E-state index in [0.717, 1.165) is 19.6 Å². The van der Waals surface area contributed by atoms with Crippen LogP contribution in [0.1, 0.15) is 18.4 Å². The van der Waals surface area contributed by atoms with Crippen molar-refractivity contribution in [3.8, 4) is 11.8 Å². The standard InChI is InChI=1S/C17H20N4O/c18-13-15-5-1-2-7-17(15)22-12-11-20-9-3-6-16(20)14-21-10-4-8-19-21/h1-2,4-5,7-8,10,16H,3,6,9,11-12,14H2/t16-/m0/s1. The molecule has 114 valence electrons. The molecule has 1 atom stereocenters. The van der Waals surface area contributed by atoms with Gasteiger partial charge in [-0.3, -0.25) is 9.58 Å². The van der Waals surface area contributed by atoms with Gasteiger partial charge in [0, 0.05) is 25.0 Å². The Bertz CT molecular complexity index is 632. The Hall–Kier alpha value is -2.32. The summed E-state index contributed by atoms with van der Waals surface area (Å²) in [5.74, 6) is 0.674. The molecule has 0 radical (unpaired) electrons. The van der Waals surface area contributed by atoms with Gasteiger partial charge in [-0.15, -0.1) is 0 Å². The molecule has 5 heteroatoms. The van der Waals surface area contributed by atoms with Gasteiger partial charge in [0.25, 0.3) is 0 Å². The molecule has 0 spiro atoms. The number of nitriles is 1. The van der Waals surface area contributed by atoms with Crippen LogP contribution in [0.25, 0.3) is 0 Å². The molecule has 1 aromatic heterocycles. The van der Waals surface area contributed by atoms with Gasteiger partial charge >= 0.3 is 0 Å². The zero-order valence-corrected chi connectivity index (χ0v) is 12.6. The highest BCUT2D eigenvalue weighted by Gasteiger charge is 2.24. The molecule has 0 aliphatic carbocycles. The van der Waals surface area contributed by atoms with E-state index in [0.29, 0.717) is 24.0 Å². The fourth-order valence-corrected chi connectivity index (χ4v) is 2.98. The van der Waals surface area contributed by atoms with Crippen LogP contribution in [-0.2, 0) is 6.54 Å². The molecule has 0 saturated carbocycles. The van der Waals surface area contributed by atoms with E-state index in [1.807, 2.05) is 41.3 Å². The van der Waals surface area contributed by atoms with E-state index in [1.54, 1.807) is 6.07 Å². The van der Waals surface area contributed by atoms with Crippen molar-refractivity contribution >= 4 is 0 Å². The topological polar surface area (TPSA) is 54.1 Å². The largest absolute Gasteiger partial charge is 0.491 e.